The lowest BCUT2D eigenvalue weighted by Crippen LogP contribution is -2.30. The Kier molecular flexibility index (Phi) is 4.21. The minimum atomic E-state index is -0.220. The number of rotatable bonds is 6. The summed E-state index contributed by atoms with van der Waals surface area (Å²) in [6.07, 6.45) is 13.6. The molecule has 30 heavy (non-hydrogen) atoms. The molecule has 3 heterocycles. The SMILES string of the molecule is C#CC1(CNC(=O)c2ccc(-c3nc(Nc4cnc5c(c4)C5)ncc3C)cn2)CC1. The van der Waals surface area contributed by atoms with Crippen LogP contribution in [-0.4, -0.2) is 32.4 Å². The predicted octanol–water partition coefficient (Wildman–Crippen LogP) is 3.03. The third-order valence-electron chi connectivity index (χ3n) is 5.54. The first kappa shape index (κ1) is 18.3. The van der Waals surface area contributed by atoms with Crippen molar-refractivity contribution in [2.75, 3.05) is 11.9 Å². The van der Waals surface area contributed by atoms with Gasteiger partial charge in [0, 0.05) is 42.0 Å². The van der Waals surface area contributed by atoms with Gasteiger partial charge in [-0.3, -0.25) is 14.8 Å². The fourth-order valence-corrected chi connectivity index (χ4v) is 3.29. The Morgan fingerprint density at radius 3 is 2.77 bits per heavy atom. The summed E-state index contributed by atoms with van der Waals surface area (Å²) in [4.78, 5) is 30.0. The maximum Gasteiger partial charge on any atom is 0.269 e. The van der Waals surface area contributed by atoms with E-state index in [1.165, 1.54) is 5.56 Å². The van der Waals surface area contributed by atoms with E-state index in [0.717, 1.165) is 47.5 Å². The van der Waals surface area contributed by atoms with Crippen molar-refractivity contribution in [3.8, 4) is 23.6 Å². The number of nitrogens with one attached hydrogen (secondary N) is 2. The van der Waals surface area contributed by atoms with Crippen molar-refractivity contribution in [3.05, 3.63) is 59.3 Å². The van der Waals surface area contributed by atoms with Crippen LogP contribution >= 0.6 is 0 Å². The Morgan fingerprint density at radius 2 is 2.07 bits per heavy atom. The molecule has 2 aliphatic carbocycles. The molecule has 7 heteroatoms. The van der Waals surface area contributed by atoms with Crippen LogP contribution in [0.25, 0.3) is 11.3 Å². The number of anilines is 2. The lowest BCUT2D eigenvalue weighted by atomic mass is 10.1. The van der Waals surface area contributed by atoms with Gasteiger partial charge in [-0.25, -0.2) is 9.97 Å². The molecule has 0 spiro atoms. The molecule has 0 saturated heterocycles. The number of aromatic nitrogens is 4. The summed E-state index contributed by atoms with van der Waals surface area (Å²) < 4.78 is 0. The van der Waals surface area contributed by atoms with Crippen LogP contribution in [0.3, 0.4) is 0 Å². The number of aryl methyl sites for hydroxylation is 1. The normalized spacial score (nSPS) is 14.9. The van der Waals surface area contributed by atoms with Gasteiger partial charge in [0.15, 0.2) is 0 Å². The zero-order chi connectivity index (χ0) is 20.7. The van der Waals surface area contributed by atoms with Crippen LogP contribution in [0.2, 0.25) is 0 Å². The van der Waals surface area contributed by atoms with E-state index in [0.29, 0.717) is 18.2 Å². The van der Waals surface area contributed by atoms with Gasteiger partial charge < -0.3 is 10.6 Å². The first-order valence-corrected chi connectivity index (χ1v) is 9.86. The zero-order valence-electron chi connectivity index (χ0n) is 16.6. The molecular weight excluding hydrogens is 376 g/mol. The third-order valence-corrected chi connectivity index (χ3v) is 5.54. The molecule has 0 radical (unpaired) electrons. The zero-order valence-corrected chi connectivity index (χ0v) is 16.6. The standard InChI is InChI=1S/C23H20N6O/c1-3-23(6-7-23)13-27-21(30)18-5-4-15(11-24-18)20-14(2)10-26-22(29-20)28-17-8-16-9-19(16)25-12-17/h1,4-5,8,10-12H,6-7,9,13H2,2H3,(H,27,30)(H,26,28,29). The molecule has 2 aliphatic rings. The number of carbonyl (C=O) groups excluding carboxylic acids is 1. The summed E-state index contributed by atoms with van der Waals surface area (Å²) in [7, 11) is 0. The number of fused-ring (bicyclic) bond motifs is 1. The van der Waals surface area contributed by atoms with E-state index >= 15 is 0 Å². The number of terminal acetylenes is 1. The molecular formula is C23H20N6O. The summed E-state index contributed by atoms with van der Waals surface area (Å²) in [6.45, 7) is 2.43. The molecule has 0 aliphatic heterocycles. The molecule has 5 rings (SSSR count). The van der Waals surface area contributed by atoms with E-state index < -0.39 is 0 Å². The van der Waals surface area contributed by atoms with Crippen molar-refractivity contribution in [2.24, 2.45) is 5.41 Å². The van der Waals surface area contributed by atoms with Gasteiger partial charge in [-0.2, -0.15) is 0 Å². The van der Waals surface area contributed by atoms with Crippen molar-refractivity contribution in [1.82, 2.24) is 25.3 Å². The van der Waals surface area contributed by atoms with E-state index in [4.69, 9.17) is 6.42 Å². The van der Waals surface area contributed by atoms with Crippen LogP contribution in [-0.2, 0) is 6.42 Å². The van der Waals surface area contributed by atoms with Crippen LogP contribution in [0.5, 0.6) is 0 Å². The number of carbonyl (C=O) groups is 1. The average molecular weight is 396 g/mol. The number of amides is 1. The quantitative estimate of drug-likeness (QED) is 0.487. The Morgan fingerprint density at radius 1 is 1.20 bits per heavy atom. The highest BCUT2D eigenvalue weighted by atomic mass is 16.1. The van der Waals surface area contributed by atoms with Gasteiger partial charge in [-0.05, 0) is 49.1 Å². The summed E-state index contributed by atoms with van der Waals surface area (Å²) in [6, 6.07) is 5.61. The van der Waals surface area contributed by atoms with Gasteiger partial charge in [-0.1, -0.05) is 5.92 Å². The highest BCUT2D eigenvalue weighted by Crippen LogP contribution is 2.44. The van der Waals surface area contributed by atoms with Gasteiger partial charge in [0.25, 0.3) is 5.91 Å². The summed E-state index contributed by atoms with van der Waals surface area (Å²) in [5, 5.41) is 6.08. The average Bonchev–Trinajstić information content (AvgIpc) is 3.69. The summed E-state index contributed by atoms with van der Waals surface area (Å²) >= 11 is 0. The molecule has 3 aromatic rings. The Hall–Kier alpha value is -3.79. The molecule has 3 aromatic heterocycles. The minimum Gasteiger partial charge on any atom is -0.349 e. The van der Waals surface area contributed by atoms with E-state index in [9.17, 15) is 4.79 Å². The van der Waals surface area contributed by atoms with Crippen molar-refractivity contribution in [3.63, 3.8) is 0 Å². The second kappa shape index (κ2) is 6.92. The van der Waals surface area contributed by atoms with E-state index in [-0.39, 0.29) is 11.3 Å². The van der Waals surface area contributed by atoms with Gasteiger partial charge in [0.05, 0.1) is 17.6 Å². The minimum absolute atomic E-state index is 0.160. The first-order valence-electron chi connectivity index (χ1n) is 9.86. The topological polar surface area (TPSA) is 92.7 Å². The Balaban J connectivity index is 1.31. The molecule has 0 bridgehead atoms. The predicted molar refractivity (Wildman–Crippen MR) is 113 cm³/mol. The first-order chi connectivity index (χ1) is 14.5. The summed E-state index contributed by atoms with van der Waals surface area (Å²) in [5.74, 6) is 3.03. The molecule has 0 unspecified atom stereocenters. The lowest BCUT2D eigenvalue weighted by Gasteiger charge is -2.10. The smallest absolute Gasteiger partial charge is 0.269 e. The van der Waals surface area contributed by atoms with Crippen LogP contribution in [0.15, 0.2) is 36.8 Å². The van der Waals surface area contributed by atoms with Gasteiger partial charge in [0.2, 0.25) is 5.95 Å². The maximum atomic E-state index is 12.4. The van der Waals surface area contributed by atoms with Crippen molar-refractivity contribution in [2.45, 2.75) is 26.2 Å². The number of pyridine rings is 2. The monoisotopic (exact) mass is 396 g/mol. The Labute approximate surface area is 174 Å². The van der Waals surface area contributed by atoms with Crippen LogP contribution < -0.4 is 10.6 Å². The van der Waals surface area contributed by atoms with Crippen molar-refractivity contribution < 1.29 is 4.79 Å². The third kappa shape index (κ3) is 3.60. The second-order valence-corrected chi connectivity index (χ2v) is 7.90. The highest BCUT2D eigenvalue weighted by molar-refractivity contribution is 5.92. The van der Waals surface area contributed by atoms with Crippen LogP contribution in [0.1, 0.15) is 40.2 Å². The fourth-order valence-electron chi connectivity index (χ4n) is 3.29. The second-order valence-electron chi connectivity index (χ2n) is 7.90. The van der Waals surface area contributed by atoms with Gasteiger partial charge in [0.1, 0.15) is 5.69 Å². The Bertz CT molecular complexity index is 1190. The summed E-state index contributed by atoms with van der Waals surface area (Å²) in [5.41, 5.74) is 5.95. The number of nitrogens with zero attached hydrogens (tertiary/aromatic N) is 4. The van der Waals surface area contributed by atoms with Gasteiger partial charge >= 0.3 is 0 Å². The molecule has 0 atom stereocenters. The number of hydrogen-bond donors (Lipinski definition) is 2. The largest absolute Gasteiger partial charge is 0.349 e. The molecule has 7 nitrogen and oxygen atoms in total. The molecule has 1 amide bonds. The maximum absolute atomic E-state index is 12.4. The molecule has 1 saturated carbocycles. The molecule has 148 valence electrons. The highest BCUT2D eigenvalue weighted by Gasteiger charge is 2.41. The fraction of sp³-hybridized carbons (Fsp3) is 0.261. The lowest BCUT2D eigenvalue weighted by molar-refractivity contribution is 0.0943. The molecule has 1 fully saturated rings. The van der Waals surface area contributed by atoms with Crippen LogP contribution in [0.4, 0.5) is 11.6 Å². The molecule has 2 N–H and O–H groups in total. The van der Waals surface area contributed by atoms with E-state index in [1.807, 2.05) is 13.0 Å². The van der Waals surface area contributed by atoms with Crippen molar-refractivity contribution in [1.29, 1.82) is 0 Å². The number of hydrogen-bond acceptors (Lipinski definition) is 6. The van der Waals surface area contributed by atoms with E-state index in [1.54, 1.807) is 24.7 Å². The molecule has 0 aromatic carbocycles. The van der Waals surface area contributed by atoms with E-state index in [2.05, 4.69) is 42.6 Å². The van der Waals surface area contributed by atoms with Crippen LogP contribution in [0, 0.1) is 24.7 Å². The van der Waals surface area contributed by atoms with Crippen molar-refractivity contribution >= 4 is 17.5 Å². The van der Waals surface area contributed by atoms with Gasteiger partial charge in [-0.15, -0.1) is 6.42 Å².